The van der Waals surface area contributed by atoms with Gasteiger partial charge >= 0.3 is 0 Å². The second-order valence-electron chi connectivity index (χ2n) is 3.51. The van der Waals surface area contributed by atoms with Crippen LogP contribution in [0.4, 0.5) is 0 Å². The third-order valence-electron chi connectivity index (χ3n) is 2.47. The molecule has 0 fully saturated rings. The van der Waals surface area contributed by atoms with Gasteiger partial charge in [0, 0.05) is 14.1 Å². The predicted molar refractivity (Wildman–Crippen MR) is 66.7 cm³/mol. The van der Waals surface area contributed by atoms with Crippen molar-refractivity contribution < 1.29 is 0 Å². The molecule has 2 aromatic heterocycles. The first kappa shape index (κ1) is 12.4. The average Bonchev–Trinajstić information content (AvgIpc) is 2.83. The van der Waals surface area contributed by atoms with Crippen LogP contribution < -0.4 is 5.73 Å². The summed E-state index contributed by atoms with van der Waals surface area (Å²) in [7, 11) is 3.78. The molecular formula is C9H13ClN6S. The van der Waals surface area contributed by atoms with E-state index < -0.39 is 0 Å². The highest BCUT2D eigenvalue weighted by molar-refractivity contribution is 7.98. The van der Waals surface area contributed by atoms with Crippen LogP contribution in [-0.2, 0) is 26.4 Å². The molecule has 0 atom stereocenters. The lowest BCUT2D eigenvalue weighted by Crippen LogP contribution is -2.05. The van der Waals surface area contributed by atoms with E-state index in [-0.39, 0.29) is 0 Å². The van der Waals surface area contributed by atoms with Gasteiger partial charge in [0.1, 0.15) is 16.8 Å². The van der Waals surface area contributed by atoms with Gasteiger partial charge in [0.15, 0.2) is 5.16 Å². The summed E-state index contributed by atoms with van der Waals surface area (Å²) in [4.78, 5) is 4.22. The Balaban J connectivity index is 2.07. The molecule has 0 spiro atoms. The van der Waals surface area contributed by atoms with Crippen LogP contribution in [0.15, 0.2) is 11.4 Å². The van der Waals surface area contributed by atoms with Gasteiger partial charge < -0.3 is 14.9 Å². The van der Waals surface area contributed by atoms with Crippen molar-refractivity contribution in [2.24, 2.45) is 19.8 Å². The van der Waals surface area contributed by atoms with Crippen LogP contribution in [-0.4, -0.2) is 24.3 Å². The van der Waals surface area contributed by atoms with Crippen LogP contribution in [0.1, 0.15) is 11.6 Å². The number of halogens is 1. The number of rotatable bonds is 4. The molecule has 0 saturated heterocycles. The number of hydrogen-bond donors (Lipinski definition) is 1. The Morgan fingerprint density at radius 1 is 1.29 bits per heavy atom. The van der Waals surface area contributed by atoms with Gasteiger partial charge in [-0.25, -0.2) is 4.98 Å². The summed E-state index contributed by atoms with van der Waals surface area (Å²) in [5.41, 5.74) is 5.53. The minimum absolute atomic E-state index is 0.387. The molecule has 2 heterocycles. The van der Waals surface area contributed by atoms with Crippen molar-refractivity contribution in [2.75, 3.05) is 0 Å². The lowest BCUT2D eigenvalue weighted by molar-refractivity contribution is 0.733. The van der Waals surface area contributed by atoms with Crippen molar-refractivity contribution in [3.63, 3.8) is 0 Å². The zero-order valence-corrected chi connectivity index (χ0v) is 11.2. The van der Waals surface area contributed by atoms with Crippen LogP contribution in [0.5, 0.6) is 0 Å². The van der Waals surface area contributed by atoms with E-state index in [0.717, 1.165) is 16.8 Å². The maximum atomic E-state index is 5.91. The lowest BCUT2D eigenvalue weighted by atomic mass is 10.6. The quantitative estimate of drug-likeness (QED) is 0.839. The zero-order valence-electron chi connectivity index (χ0n) is 9.59. The van der Waals surface area contributed by atoms with E-state index in [4.69, 9.17) is 17.3 Å². The maximum Gasteiger partial charge on any atom is 0.191 e. The van der Waals surface area contributed by atoms with Gasteiger partial charge in [-0.3, -0.25) is 0 Å². The standard InChI is InChI=1S/C9H13ClN6S/c1-15-6(10)4-12-8(15)5-17-9-14-13-7(3-11)16(9)2/h4H,3,5,11H2,1-2H3. The van der Waals surface area contributed by atoms with Gasteiger partial charge in [-0.1, -0.05) is 23.4 Å². The predicted octanol–water partition coefficient (Wildman–Crippen LogP) is 0.953. The highest BCUT2D eigenvalue weighted by atomic mass is 35.5. The van der Waals surface area contributed by atoms with Gasteiger partial charge in [-0.2, -0.15) is 0 Å². The van der Waals surface area contributed by atoms with Crippen LogP contribution in [0.3, 0.4) is 0 Å². The molecule has 0 aliphatic rings. The van der Waals surface area contributed by atoms with Crippen molar-refractivity contribution in [3.8, 4) is 0 Å². The highest BCUT2D eigenvalue weighted by Crippen LogP contribution is 2.21. The Labute approximate surface area is 108 Å². The molecule has 17 heavy (non-hydrogen) atoms. The largest absolute Gasteiger partial charge is 0.324 e. The molecule has 8 heteroatoms. The summed E-state index contributed by atoms with van der Waals surface area (Å²) in [6.07, 6.45) is 1.64. The van der Waals surface area contributed by atoms with Gasteiger partial charge in [-0.05, 0) is 0 Å². The lowest BCUT2D eigenvalue weighted by Gasteiger charge is -2.03. The molecule has 0 aliphatic heterocycles. The molecule has 2 rings (SSSR count). The van der Waals surface area contributed by atoms with E-state index in [0.29, 0.717) is 17.5 Å². The number of thioether (sulfide) groups is 1. The van der Waals surface area contributed by atoms with E-state index >= 15 is 0 Å². The van der Waals surface area contributed by atoms with Crippen LogP contribution in [0.25, 0.3) is 0 Å². The minimum atomic E-state index is 0.387. The van der Waals surface area contributed by atoms with Crippen LogP contribution in [0.2, 0.25) is 5.15 Å². The second-order valence-corrected chi connectivity index (χ2v) is 4.84. The number of nitrogens with two attached hydrogens (primary N) is 1. The fourth-order valence-electron chi connectivity index (χ4n) is 1.34. The van der Waals surface area contributed by atoms with Gasteiger partial charge in [0.05, 0.1) is 18.5 Å². The van der Waals surface area contributed by atoms with Crippen molar-refractivity contribution in [2.45, 2.75) is 17.5 Å². The normalized spacial score (nSPS) is 11.1. The summed E-state index contributed by atoms with van der Waals surface area (Å²) < 4.78 is 3.73. The molecule has 0 aromatic carbocycles. The molecule has 0 radical (unpaired) electrons. The Hall–Kier alpha value is -1.05. The topological polar surface area (TPSA) is 74.6 Å². The number of nitrogens with zero attached hydrogens (tertiary/aromatic N) is 5. The van der Waals surface area contributed by atoms with Crippen molar-refractivity contribution in [1.29, 1.82) is 0 Å². The zero-order chi connectivity index (χ0) is 12.4. The number of imidazole rings is 1. The SMILES string of the molecule is Cn1c(Cl)cnc1CSc1nnc(CN)n1C. The third-order valence-corrected chi connectivity index (χ3v) is 3.83. The Morgan fingerprint density at radius 3 is 2.59 bits per heavy atom. The summed E-state index contributed by atoms with van der Waals surface area (Å²) in [6.45, 7) is 0.387. The van der Waals surface area contributed by atoms with E-state index in [1.807, 2.05) is 23.2 Å². The van der Waals surface area contributed by atoms with E-state index in [9.17, 15) is 0 Å². The molecule has 0 saturated carbocycles. The molecule has 0 aliphatic carbocycles. The number of aromatic nitrogens is 5. The maximum absolute atomic E-state index is 5.91. The summed E-state index contributed by atoms with van der Waals surface area (Å²) in [6, 6.07) is 0. The molecule has 92 valence electrons. The van der Waals surface area contributed by atoms with Crippen molar-refractivity contribution >= 4 is 23.4 Å². The molecule has 2 aromatic rings. The number of hydrogen-bond acceptors (Lipinski definition) is 5. The third kappa shape index (κ3) is 2.46. The van der Waals surface area contributed by atoms with Gasteiger partial charge in [0.2, 0.25) is 0 Å². The minimum Gasteiger partial charge on any atom is -0.324 e. The van der Waals surface area contributed by atoms with E-state index in [1.54, 1.807) is 18.0 Å². The first-order valence-electron chi connectivity index (χ1n) is 5.00. The summed E-state index contributed by atoms with van der Waals surface area (Å²) in [5.74, 6) is 2.36. The first-order chi connectivity index (χ1) is 8.13. The van der Waals surface area contributed by atoms with Crippen molar-refractivity contribution in [1.82, 2.24) is 24.3 Å². The van der Waals surface area contributed by atoms with Gasteiger partial charge in [0.25, 0.3) is 0 Å². The van der Waals surface area contributed by atoms with Crippen LogP contribution in [0, 0.1) is 0 Å². The van der Waals surface area contributed by atoms with Crippen molar-refractivity contribution in [3.05, 3.63) is 23.0 Å². The molecule has 0 bridgehead atoms. The fourth-order valence-corrected chi connectivity index (χ4v) is 2.41. The molecular weight excluding hydrogens is 260 g/mol. The molecule has 0 unspecified atom stereocenters. The monoisotopic (exact) mass is 272 g/mol. The first-order valence-corrected chi connectivity index (χ1v) is 6.37. The van der Waals surface area contributed by atoms with E-state index in [1.165, 1.54) is 0 Å². The molecule has 2 N–H and O–H groups in total. The molecule has 0 amide bonds. The summed E-state index contributed by atoms with van der Waals surface area (Å²) >= 11 is 7.47. The second kappa shape index (κ2) is 5.07. The Kier molecular flexibility index (Phi) is 3.70. The fraction of sp³-hybridized carbons (Fsp3) is 0.444. The average molecular weight is 273 g/mol. The van der Waals surface area contributed by atoms with Crippen LogP contribution >= 0.6 is 23.4 Å². The smallest absolute Gasteiger partial charge is 0.191 e. The molecule has 6 nitrogen and oxygen atoms in total. The van der Waals surface area contributed by atoms with E-state index in [2.05, 4.69) is 15.2 Å². The summed E-state index contributed by atoms with van der Waals surface area (Å²) in [5, 5.41) is 9.50. The van der Waals surface area contributed by atoms with Gasteiger partial charge in [-0.15, -0.1) is 10.2 Å². The highest BCUT2D eigenvalue weighted by Gasteiger charge is 2.10. The Bertz CT molecular complexity index is 520. The Morgan fingerprint density at radius 2 is 2.06 bits per heavy atom.